The van der Waals surface area contributed by atoms with Gasteiger partial charge in [0.1, 0.15) is 17.1 Å². The SMILES string of the molecule is COc1ccc2c(-c3ccc(Cl)c(N)c3)nncc2c1.Nc1ccc(-c2nncc3cc4c(cc23)OCO4)cc1. The Bertz CT molecular complexity index is 1860. The van der Waals surface area contributed by atoms with Crippen LogP contribution in [0.25, 0.3) is 44.1 Å². The van der Waals surface area contributed by atoms with E-state index >= 15 is 0 Å². The van der Waals surface area contributed by atoms with Crippen LogP contribution < -0.4 is 25.7 Å². The maximum absolute atomic E-state index is 5.95. The van der Waals surface area contributed by atoms with Crippen molar-refractivity contribution in [2.75, 3.05) is 25.4 Å². The third-order valence-corrected chi connectivity index (χ3v) is 6.82. The lowest BCUT2D eigenvalue weighted by molar-refractivity contribution is 0.174. The maximum atomic E-state index is 5.95. The molecular formula is C30H23ClN6O3. The smallest absolute Gasteiger partial charge is 0.231 e. The molecule has 6 aromatic rings. The summed E-state index contributed by atoms with van der Waals surface area (Å²) in [5.74, 6) is 2.27. The Morgan fingerprint density at radius 3 is 2.08 bits per heavy atom. The maximum Gasteiger partial charge on any atom is 0.231 e. The number of hydrogen-bond donors (Lipinski definition) is 2. The second-order valence-corrected chi connectivity index (χ2v) is 9.40. The summed E-state index contributed by atoms with van der Waals surface area (Å²) in [7, 11) is 1.64. The fraction of sp³-hybridized carbons (Fsp3) is 0.0667. The van der Waals surface area contributed by atoms with Gasteiger partial charge in [-0.05, 0) is 54.6 Å². The van der Waals surface area contributed by atoms with Crippen LogP contribution >= 0.6 is 11.6 Å². The van der Waals surface area contributed by atoms with E-state index in [9.17, 15) is 0 Å². The standard InChI is InChI=1S/C15H12ClN3O.C15H11N3O2/c1-20-11-3-4-12-10(6-11)8-18-19-15(12)9-2-5-13(16)14(17)7-9;16-11-3-1-9(2-4-11)15-12-6-14-13(19-8-20-14)5-10(12)7-17-18-15/h2-8H,17H2,1H3;1-7H,8,16H2. The summed E-state index contributed by atoms with van der Waals surface area (Å²) in [6, 6.07) is 22.7. The topological polar surface area (TPSA) is 131 Å². The van der Waals surface area contributed by atoms with Crippen molar-refractivity contribution >= 4 is 44.5 Å². The van der Waals surface area contributed by atoms with Crippen LogP contribution in [0.15, 0.2) is 85.2 Å². The molecule has 0 amide bonds. The second-order valence-electron chi connectivity index (χ2n) is 8.99. The fourth-order valence-corrected chi connectivity index (χ4v) is 4.54. The number of nitrogens with zero attached hydrogens (tertiary/aromatic N) is 4. The number of hydrogen-bond acceptors (Lipinski definition) is 9. The number of nitrogens with two attached hydrogens (primary N) is 2. The van der Waals surface area contributed by atoms with Gasteiger partial charge < -0.3 is 25.7 Å². The summed E-state index contributed by atoms with van der Waals surface area (Å²) in [6.07, 6.45) is 3.43. The first-order valence-electron chi connectivity index (χ1n) is 12.3. The summed E-state index contributed by atoms with van der Waals surface area (Å²) in [4.78, 5) is 0. The largest absolute Gasteiger partial charge is 0.497 e. The summed E-state index contributed by atoms with van der Waals surface area (Å²) in [6.45, 7) is 0.254. The zero-order valence-corrected chi connectivity index (χ0v) is 22.1. The number of fused-ring (bicyclic) bond motifs is 3. The molecule has 3 heterocycles. The molecule has 198 valence electrons. The minimum absolute atomic E-state index is 0.254. The summed E-state index contributed by atoms with van der Waals surface area (Å²) in [5, 5.41) is 21.0. The lowest BCUT2D eigenvalue weighted by atomic mass is 10.0. The van der Waals surface area contributed by atoms with Crippen LogP contribution in [-0.2, 0) is 0 Å². The highest BCUT2D eigenvalue weighted by atomic mass is 35.5. The average Bonchev–Trinajstić information content (AvgIpc) is 3.45. The Morgan fingerprint density at radius 1 is 0.725 bits per heavy atom. The summed E-state index contributed by atoms with van der Waals surface area (Å²) in [5.41, 5.74) is 16.2. The molecule has 4 aromatic carbocycles. The Morgan fingerprint density at radius 2 is 1.38 bits per heavy atom. The number of halogens is 1. The first kappa shape index (κ1) is 25.1. The van der Waals surface area contributed by atoms with Gasteiger partial charge >= 0.3 is 0 Å². The van der Waals surface area contributed by atoms with E-state index in [0.717, 1.165) is 67.0 Å². The van der Waals surface area contributed by atoms with Crippen LogP contribution in [-0.4, -0.2) is 34.3 Å². The molecule has 1 aliphatic rings. The number of benzene rings is 4. The van der Waals surface area contributed by atoms with Crippen molar-refractivity contribution in [1.29, 1.82) is 0 Å². The molecule has 0 spiro atoms. The third kappa shape index (κ3) is 4.85. The number of rotatable bonds is 3. The third-order valence-electron chi connectivity index (χ3n) is 6.48. The first-order valence-corrected chi connectivity index (χ1v) is 12.6. The van der Waals surface area contributed by atoms with Gasteiger partial charge in [-0.3, -0.25) is 0 Å². The van der Waals surface area contributed by atoms with Crippen molar-refractivity contribution in [1.82, 2.24) is 20.4 Å². The highest BCUT2D eigenvalue weighted by Crippen LogP contribution is 2.38. The van der Waals surface area contributed by atoms with Crippen molar-refractivity contribution in [2.24, 2.45) is 0 Å². The van der Waals surface area contributed by atoms with Crippen LogP contribution in [0.5, 0.6) is 17.2 Å². The van der Waals surface area contributed by atoms with E-state index in [2.05, 4.69) is 20.4 Å². The minimum atomic E-state index is 0.254. The van der Waals surface area contributed by atoms with Crippen LogP contribution in [0.1, 0.15) is 0 Å². The molecule has 1 aliphatic heterocycles. The molecule has 4 N–H and O–H groups in total. The molecule has 0 bridgehead atoms. The van der Waals surface area contributed by atoms with Gasteiger partial charge in [0, 0.05) is 38.4 Å². The summed E-state index contributed by atoms with van der Waals surface area (Å²) < 4.78 is 16.0. The monoisotopic (exact) mass is 550 g/mol. The van der Waals surface area contributed by atoms with Crippen molar-refractivity contribution in [3.63, 3.8) is 0 Å². The molecule has 7 rings (SSSR count). The van der Waals surface area contributed by atoms with Crippen molar-refractivity contribution in [3.05, 3.63) is 90.2 Å². The molecule has 10 heteroatoms. The molecular weight excluding hydrogens is 528 g/mol. The molecule has 2 aromatic heterocycles. The van der Waals surface area contributed by atoms with Gasteiger partial charge in [0.2, 0.25) is 6.79 Å². The molecule has 0 radical (unpaired) electrons. The first-order chi connectivity index (χ1) is 19.5. The number of ether oxygens (including phenoxy) is 3. The van der Waals surface area contributed by atoms with Gasteiger partial charge in [-0.25, -0.2) is 0 Å². The highest BCUT2D eigenvalue weighted by molar-refractivity contribution is 6.33. The highest BCUT2D eigenvalue weighted by Gasteiger charge is 2.17. The number of methoxy groups -OCH3 is 1. The molecule has 0 saturated carbocycles. The van der Waals surface area contributed by atoms with Crippen LogP contribution in [0.3, 0.4) is 0 Å². The van der Waals surface area contributed by atoms with Crippen molar-refractivity contribution in [2.45, 2.75) is 0 Å². The minimum Gasteiger partial charge on any atom is -0.497 e. The van der Waals surface area contributed by atoms with Gasteiger partial charge in [-0.15, -0.1) is 10.2 Å². The molecule has 9 nitrogen and oxygen atoms in total. The number of anilines is 2. The Balaban J connectivity index is 0.000000145. The van der Waals surface area contributed by atoms with Crippen LogP contribution in [0.2, 0.25) is 5.02 Å². The molecule has 0 fully saturated rings. The van der Waals surface area contributed by atoms with Gasteiger partial charge in [-0.2, -0.15) is 10.2 Å². The summed E-state index contributed by atoms with van der Waals surface area (Å²) >= 11 is 5.95. The zero-order chi connectivity index (χ0) is 27.6. The Kier molecular flexibility index (Phi) is 6.63. The molecule has 0 aliphatic carbocycles. The van der Waals surface area contributed by atoms with E-state index < -0.39 is 0 Å². The lowest BCUT2D eigenvalue weighted by Crippen LogP contribution is -1.93. The van der Waals surface area contributed by atoms with E-state index in [0.29, 0.717) is 10.7 Å². The van der Waals surface area contributed by atoms with Gasteiger partial charge in [0.05, 0.1) is 30.2 Å². The van der Waals surface area contributed by atoms with Gasteiger partial charge in [-0.1, -0.05) is 29.8 Å². The Hall–Kier alpha value is -5.15. The number of nitrogen functional groups attached to an aromatic ring is 2. The van der Waals surface area contributed by atoms with E-state index in [1.54, 1.807) is 31.6 Å². The van der Waals surface area contributed by atoms with Crippen molar-refractivity contribution in [3.8, 4) is 39.8 Å². The second kappa shape index (κ2) is 10.5. The molecule has 40 heavy (non-hydrogen) atoms. The quantitative estimate of drug-likeness (QED) is 0.249. The van der Waals surface area contributed by atoms with Crippen LogP contribution in [0.4, 0.5) is 11.4 Å². The Labute approximate surface area is 234 Å². The van der Waals surface area contributed by atoms with Gasteiger partial charge in [0.25, 0.3) is 0 Å². The molecule has 0 saturated heterocycles. The fourth-order valence-electron chi connectivity index (χ4n) is 4.42. The molecule has 0 unspecified atom stereocenters. The average molecular weight is 551 g/mol. The van der Waals surface area contributed by atoms with E-state index in [1.165, 1.54) is 0 Å². The van der Waals surface area contributed by atoms with E-state index in [-0.39, 0.29) is 6.79 Å². The zero-order valence-electron chi connectivity index (χ0n) is 21.3. The number of aromatic nitrogens is 4. The van der Waals surface area contributed by atoms with Crippen molar-refractivity contribution < 1.29 is 14.2 Å². The predicted octanol–water partition coefficient (Wildman–Crippen LogP) is 6.15. The van der Waals surface area contributed by atoms with E-state index in [4.69, 9.17) is 37.3 Å². The molecule has 0 atom stereocenters. The lowest BCUT2D eigenvalue weighted by Gasteiger charge is -2.07. The predicted molar refractivity (Wildman–Crippen MR) is 156 cm³/mol. The normalized spacial score (nSPS) is 11.8. The van der Waals surface area contributed by atoms with Crippen LogP contribution in [0, 0.1) is 0 Å². The van der Waals surface area contributed by atoms with E-state index in [1.807, 2.05) is 60.7 Å². The van der Waals surface area contributed by atoms with Gasteiger partial charge in [0.15, 0.2) is 11.5 Å².